The Kier molecular flexibility index (Phi) is 3.71. The van der Waals surface area contributed by atoms with Crippen molar-refractivity contribution in [2.45, 2.75) is 32.1 Å². The van der Waals surface area contributed by atoms with Crippen LogP contribution in [0.15, 0.2) is 71.9 Å². The number of fused-ring (bicyclic) bond motifs is 1. The number of allylic oxidation sites excluding steroid dienone is 2. The van der Waals surface area contributed by atoms with Gasteiger partial charge in [0.25, 0.3) is 0 Å². The minimum absolute atomic E-state index is 0.0530. The molecule has 2 aromatic carbocycles. The van der Waals surface area contributed by atoms with Gasteiger partial charge >= 0.3 is 0 Å². The van der Waals surface area contributed by atoms with Crippen molar-refractivity contribution in [3.8, 4) is 5.69 Å². The number of nitrogens with one attached hydrogen (secondary N) is 1. The van der Waals surface area contributed by atoms with Crippen molar-refractivity contribution >= 4 is 11.6 Å². The van der Waals surface area contributed by atoms with Gasteiger partial charge in [0, 0.05) is 29.2 Å². The van der Waals surface area contributed by atoms with Crippen LogP contribution >= 0.6 is 0 Å². The van der Waals surface area contributed by atoms with Gasteiger partial charge in [-0.2, -0.15) is 5.10 Å². The van der Waals surface area contributed by atoms with Gasteiger partial charge in [-0.05, 0) is 37.5 Å². The second-order valence-corrected chi connectivity index (χ2v) is 7.23. The Hall–Kier alpha value is -3.14. The van der Waals surface area contributed by atoms with Gasteiger partial charge in [-0.3, -0.25) is 4.79 Å². The lowest BCUT2D eigenvalue weighted by molar-refractivity contribution is -0.116. The van der Waals surface area contributed by atoms with Crippen LogP contribution in [0.3, 0.4) is 0 Å². The maximum absolute atomic E-state index is 12.9. The molecule has 1 N–H and O–H groups in total. The van der Waals surface area contributed by atoms with Crippen molar-refractivity contribution in [2.75, 3.05) is 5.32 Å². The molecule has 1 atom stereocenters. The molecule has 5 rings (SSSR count). The summed E-state index contributed by atoms with van der Waals surface area (Å²) in [5, 5.41) is 8.41. The molecule has 2 aliphatic rings. The molecule has 27 heavy (non-hydrogen) atoms. The number of para-hydroxylation sites is 1. The number of Topliss-reactive ketones (excluding diaryl/α,β-unsaturated/α-hetero) is 1. The van der Waals surface area contributed by atoms with Gasteiger partial charge in [-0.15, -0.1) is 0 Å². The Bertz CT molecular complexity index is 1050. The van der Waals surface area contributed by atoms with Crippen molar-refractivity contribution in [3.63, 3.8) is 0 Å². The average Bonchev–Trinajstić information content (AvgIpc) is 3.04. The number of aryl methyl sites for hydroxylation is 1. The van der Waals surface area contributed by atoms with Crippen molar-refractivity contribution in [2.24, 2.45) is 0 Å². The summed E-state index contributed by atoms with van der Waals surface area (Å²) in [4.78, 5) is 12.9. The van der Waals surface area contributed by atoms with Gasteiger partial charge in [0.15, 0.2) is 5.78 Å². The third kappa shape index (κ3) is 2.52. The first-order chi connectivity index (χ1) is 13.2. The number of aromatic nitrogens is 2. The number of carbonyl (C=O) groups is 1. The molecular weight excluding hydrogens is 334 g/mol. The summed E-state index contributed by atoms with van der Waals surface area (Å²) in [5.41, 5.74) is 6.23. The van der Waals surface area contributed by atoms with Crippen molar-refractivity contribution < 1.29 is 4.79 Å². The fourth-order valence-corrected chi connectivity index (χ4v) is 4.36. The van der Waals surface area contributed by atoms with Crippen LogP contribution in [0.4, 0.5) is 5.82 Å². The predicted octanol–water partition coefficient (Wildman–Crippen LogP) is 4.75. The molecular formula is C23H21N3O. The Morgan fingerprint density at radius 2 is 1.70 bits per heavy atom. The second kappa shape index (κ2) is 6.23. The summed E-state index contributed by atoms with van der Waals surface area (Å²) in [5.74, 6) is 1.19. The molecule has 0 bridgehead atoms. The van der Waals surface area contributed by atoms with E-state index in [1.165, 1.54) is 0 Å². The molecule has 1 aromatic heterocycles. The standard InChI is InChI=1S/C23H21N3O/c1-15-20-21(16-9-4-2-5-10-16)22-18(13-8-14-19(22)27)24-23(20)26(25-15)17-11-6-3-7-12-17/h2-7,9-12,21,24H,8,13-14H2,1H3. The topological polar surface area (TPSA) is 46.9 Å². The molecule has 0 saturated carbocycles. The van der Waals surface area contributed by atoms with Crippen LogP contribution in [0.2, 0.25) is 0 Å². The third-order valence-corrected chi connectivity index (χ3v) is 5.54. The predicted molar refractivity (Wildman–Crippen MR) is 106 cm³/mol. The van der Waals surface area contributed by atoms with Crippen LogP contribution in [0.25, 0.3) is 5.69 Å². The highest BCUT2D eigenvalue weighted by Gasteiger charge is 2.38. The number of benzene rings is 2. The number of carbonyl (C=O) groups excluding carboxylic acids is 1. The van der Waals surface area contributed by atoms with Crippen LogP contribution in [-0.4, -0.2) is 15.6 Å². The number of nitrogens with zero attached hydrogens (tertiary/aromatic N) is 2. The van der Waals surface area contributed by atoms with Crippen molar-refractivity contribution in [1.29, 1.82) is 0 Å². The highest BCUT2D eigenvalue weighted by molar-refractivity contribution is 6.01. The number of hydrogen-bond acceptors (Lipinski definition) is 3. The molecule has 0 amide bonds. The Balaban J connectivity index is 1.76. The number of hydrogen-bond donors (Lipinski definition) is 1. The number of anilines is 1. The van der Waals surface area contributed by atoms with Gasteiger partial charge in [0.1, 0.15) is 5.82 Å². The molecule has 1 unspecified atom stereocenters. The first-order valence-corrected chi connectivity index (χ1v) is 9.47. The molecule has 0 spiro atoms. The molecule has 4 heteroatoms. The quantitative estimate of drug-likeness (QED) is 0.722. The lowest BCUT2D eigenvalue weighted by atomic mass is 9.76. The summed E-state index contributed by atoms with van der Waals surface area (Å²) in [7, 11) is 0. The summed E-state index contributed by atoms with van der Waals surface area (Å²) in [6.07, 6.45) is 2.44. The Morgan fingerprint density at radius 3 is 2.44 bits per heavy atom. The summed E-state index contributed by atoms with van der Waals surface area (Å²) < 4.78 is 1.98. The smallest absolute Gasteiger partial charge is 0.161 e. The first kappa shape index (κ1) is 16.1. The van der Waals surface area contributed by atoms with Crippen molar-refractivity contribution in [1.82, 2.24) is 9.78 Å². The van der Waals surface area contributed by atoms with Crippen molar-refractivity contribution in [3.05, 3.63) is 88.8 Å². The fraction of sp³-hybridized carbons (Fsp3) is 0.217. The molecule has 0 radical (unpaired) electrons. The zero-order chi connectivity index (χ0) is 18.4. The van der Waals surface area contributed by atoms with Gasteiger partial charge in [-0.25, -0.2) is 4.68 Å². The molecule has 2 heterocycles. The van der Waals surface area contributed by atoms with E-state index < -0.39 is 0 Å². The maximum Gasteiger partial charge on any atom is 0.161 e. The van der Waals surface area contributed by atoms with Gasteiger partial charge in [0.2, 0.25) is 0 Å². The molecule has 3 aromatic rings. The second-order valence-electron chi connectivity index (χ2n) is 7.23. The monoisotopic (exact) mass is 355 g/mol. The Labute approximate surface area is 158 Å². The normalized spacial score (nSPS) is 18.7. The number of ketones is 1. The fourth-order valence-electron chi connectivity index (χ4n) is 4.36. The highest BCUT2D eigenvalue weighted by atomic mass is 16.1. The van der Waals surface area contributed by atoms with E-state index in [9.17, 15) is 4.79 Å². The molecule has 4 nitrogen and oxygen atoms in total. The van der Waals surface area contributed by atoms with Crippen LogP contribution in [0.1, 0.15) is 42.0 Å². The lowest BCUT2D eigenvalue weighted by Crippen LogP contribution is -2.27. The average molecular weight is 355 g/mol. The van der Waals surface area contributed by atoms with E-state index in [4.69, 9.17) is 5.10 Å². The molecule has 1 aliphatic carbocycles. The Morgan fingerprint density at radius 1 is 1.00 bits per heavy atom. The first-order valence-electron chi connectivity index (χ1n) is 9.47. The van der Waals surface area contributed by atoms with E-state index >= 15 is 0 Å². The number of rotatable bonds is 2. The molecule has 1 aliphatic heterocycles. The van der Waals surface area contributed by atoms with Crippen LogP contribution in [0, 0.1) is 6.92 Å². The maximum atomic E-state index is 12.9. The summed E-state index contributed by atoms with van der Waals surface area (Å²) in [6, 6.07) is 20.5. The molecule has 0 fully saturated rings. The van der Waals surface area contributed by atoms with E-state index in [1.54, 1.807) is 0 Å². The van der Waals surface area contributed by atoms with E-state index in [1.807, 2.05) is 48.0 Å². The molecule has 0 saturated heterocycles. The summed E-state index contributed by atoms with van der Waals surface area (Å²) >= 11 is 0. The summed E-state index contributed by atoms with van der Waals surface area (Å²) in [6.45, 7) is 2.04. The van der Waals surface area contributed by atoms with Crippen LogP contribution < -0.4 is 5.32 Å². The van der Waals surface area contributed by atoms with E-state index in [0.29, 0.717) is 6.42 Å². The zero-order valence-corrected chi connectivity index (χ0v) is 15.3. The lowest BCUT2D eigenvalue weighted by Gasteiger charge is -2.33. The molecule has 134 valence electrons. The van der Waals surface area contributed by atoms with E-state index in [-0.39, 0.29) is 11.7 Å². The van der Waals surface area contributed by atoms with Crippen LogP contribution in [-0.2, 0) is 4.79 Å². The third-order valence-electron chi connectivity index (χ3n) is 5.54. The van der Waals surface area contributed by atoms with Gasteiger partial charge < -0.3 is 5.32 Å². The van der Waals surface area contributed by atoms with Crippen LogP contribution in [0.5, 0.6) is 0 Å². The van der Waals surface area contributed by atoms with E-state index in [0.717, 1.165) is 52.4 Å². The zero-order valence-electron chi connectivity index (χ0n) is 15.3. The van der Waals surface area contributed by atoms with Gasteiger partial charge in [0.05, 0.1) is 11.4 Å². The largest absolute Gasteiger partial charge is 0.343 e. The minimum Gasteiger partial charge on any atom is -0.343 e. The minimum atomic E-state index is -0.0530. The SMILES string of the molecule is Cc1nn(-c2ccccc2)c2c1C(c1ccccc1)C1=C(CCCC1=O)N2. The highest BCUT2D eigenvalue weighted by Crippen LogP contribution is 2.47. The van der Waals surface area contributed by atoms with Gasteiger partial charge in [-0.1, -0.05) is 48.5 Å². The van der Waals surface area contributed by atoms with E-state index in [2.05, 4.69) is 29.6 Å².